The number of hydrogen-bond acceptors (Lipinski definition) is 4. The lowest BCUT2D eigenvalue weighted by molar-refractivity contribution is 0.0689. The largest absolute Gasteiger partial charge is 0.476 e. The molecule has 0 aliphatic rings. The lowest BCUT2D eigenvalue weighted by atomic mass is 10.2. The summed E-state index contributed by atoms with van der Waals surface area (Å²) in [5, 5.41) is 17.0. The highest BCUT2D eigenvalue weighted by Gasteiger charge is 2.20. The lowest BCUT2D eigenvalue weighted by Crippen LogP contribution is -2.06. The second-order valence-electron chi connectivity index (χ2n) is 5.18. The fourth-order valence-corrected chi connectivity index (χ4v) is 3.06. The number of aryl methyl sites for hydroxylation is 1. The second kappa shape index (κ2) is 6.84. The van der Waals surface area contributed by atoms with Crippen molar-refractivity contribution in [1.82, 2.24) is 15.0 Å². The summed E-state index contributed by atoms with van der Waals surface area (Å²) in [4.78, 5) is 12.4. The molecule has 3 aromatic rings. The minimum atomic E-state index is -1.14. The number of aromatic nitrogens is 3. The third kappa shape index (κ3) is 3.46. The predicted octanol–water partition coefficient (Wildman–Crippen LogP) is 3.71. The highest BCUT2D eigenvalue weighted by atomic mass is 32.2. The first-order chi connectivity index (χ1) is 11.5. The average Bonchev–Trinajstić information content (AvgIpc) is 2.99. The average molecular weight is 343 g/mol. The minimum Gasteiger partial charge on any atom is -0.476 e. The first kappa shape index (κ1) is 16.2. The Morgan fingerprint density at radius 3 is 2.46 bits per heavy atom. The molecule has 0 saturated heterocycles. The van der Waals surface area contributed by atoms with E-state index >= 15 is 0 Å². The predicted molar refractivity (Wildman–Crippen MR) is 89.0 cm³/mol. The second-order valence-corrected chi connectivity index (χ2v) is 6.23. The molecule has 24 heavy (non-hydrogen) atoms. The van der Waals surface area contributed by atoms with Gasteiger partial charge in [-0.3, -0.25) is 0 Å². The third-order valence-corrected chi connectivity index (χ3v) is 4.46. The Labute approximate surface area is 142 Å². The van der Waals surface area contributed by atoms with Crippen LogP contribution < -0.4 is 0 Å². The first-order valence-corrected chi connectivity index (χ1v) is 8.16. The Morgan fingerprint density at radius 1 is 1.17 bits per heavy atom. The molecule has 0 saturated carbocycles. The maximum Gasteiger partial charge on any atom is 0.358 e. The van der Waals surface area contributed by atoms with Gasteiger partial charge in [0.05, 0.1) is 11.4 Å². The van der Waals surface area contributed by atoms with E-state index in [2.05, 4.69) is 10.3 Å². The third-order valence-electron chi connectivity index (χ3n) is 3.43. The molecule has 7 heteroatoms. The molecule has 2 aromatic carbocycles. The standard InChI is InChI=1S/C17H14FN3O2S/c1-11-2-8-14(9-3-11)24-10-15-16(17(22)23)19-20-21(15)13-6-4-12(18)5-7-13/h2-9H,10H2,1H3,(H,22,23). The summed E-state index contributed by atoms with van der Waals surface area (Å²) in [5.74, 6) is -1.12. The van der Waals surface area contributed by atoms with Crippen molar-refractivity contribution in [1.29, 1.82) is 0 Å². The molecule has 0 aliphatic carbocycles. The molecule has 0 spiro atoms. The monoisotopic (exact) mass is 343 g/mol. The molecule has 122 valence electrons. The van der Waals surface area contributed by atoms with Gasteiger partial charge in [0.2, 0.25) is 0 Å². The van der Waals surface area contributed by atoms with Crippen LogP contribution >= 0.6 is 11.8 Å². The molecule has 5 nitrogen and oxygen atoms in total. The fraction of sp³-hybridized carbons (Fsp3) is 0.118. The van der Waals surface area contributed by atoms with E-state index < -0.39 is 5.97 Å². The van der Waals surface area contributed by atoms with Gasteiger partial charge in [-0.15, -0.1) is 16.9 Å². The van der Waals surface area contributed by atoms with Crippen LogP contribution in [0.4, 0.5) is 4.39 Å². The van der Waals surface area contributed by atoms with Gasteiger partial charge in [-0.2, -0.15) is 0 Å². The van der Waals surface area contributed by atoms with Crippen LogP contribution in [0.15, 0.2) is 53.4 Å². The molecule has 3 rings (SSSR count). The summed E-state index contributed by atoms with van der Waals surface area (Å²) < 4.78 is 14.5. The normalized spacial score (nSPS) is 10.8. The van der Waals surface area contributed by atoms with Crippen LogP contribution in [-0.2, 0) is 5.75 Å². The van der Waals surface area contributed by atoms with E-state index in [0.717, 1.165) is 10.5 Å². The molecular weight excluding hydrogens is 329 g/mol. The van der Waals surface area contributed by atoms with E-state index in [-0.39, 0.29) is 11.5 Å². The maximum atomic E-state index is 13.1. The smallest absolute Gasteiger partial charge is 0.358 e. The van der Waals surface area contributed by atoms with Crippen LogP contribution in [0.25, 0.3) is 5.69 Å². The van der Waals surface area contributed by atoms with E-state index in [1.54, 1.807) is 0 Å². The van der Waals surface area contributed by atoms with Crippen molar-refractivity contribution >= 4 is 17.7 Å². The molecule has 0 aliphatic heterocycles. The summed E-state index contributed by atoms with van der Waals surface area (Å²) in [6.45, 7) is 2.00. The molecule has 0 atom stereocenters. The molecular formula is C17H14FN3O2S. The van der Waals surface area contributed by atoms with Gasteiger partial charge < -0.3 is 5.11 Å². The van der Waals surface area contributed by atoms with Crippen LogP contribution in [0.3, 0.4) is 0 Å². The van der Waals surface area contributed by atoms with Gasteiger partial charge in [-0.1, -0.05) is 22.9 Å². The maximum absolute atomic E-state index is 13.1. The SMILES string of the molecule is Cc1ccc(SCc2c(C(=O)O)nnn2-c2ccc(F)cc2)cc1. The van der Waals surface area contributed by atoms with Crippen molar-refractivity contribution in [3.63, 3.8) is 0 Å². The number of halogens is 1. The van der Waals surface area contributed by atoms with Gasteiger partial charge in [0, 0.05) is 10.6 Å². The number of hydrogen-bond donors (Lipinski definition) is 1. The molecule has 0 bridgehead atoms. The van der Waals surface area contributed by atoms with Crippen molar-refractivity contribution in [2.45, 2.75) is 17.6 Å². The Hall–Kier alpha value is -2.67. The molecule has 0 fully saturated rings. The van der Waals surface area contributed by atoms with Gasteiger partial charge >= 0.3 is 5.97 Å². The summed E-state index contributed by atoms with van der Waals surface area (Å²) >= 11 is 1.49. The molecule has 1 heterocycles. The number of carbonyl (C=O) groups is 1. The molecule has 1 N–H and O–H groups in total. The van der Waals surface area contributed by atoms with E-state index in [1.807, 2.05) is 31.2 Å². The topological polar surface area (TPSA) is 68.0 Å². The van der Waals surface area contributed by atoms with Crippen LogP contribution in [0.5, 0.6) is 0 Å². The van der Waals surface area contributed by atoms with Crippen LogP contribution in [-0.4, -0.2) is 26.1 Å². The quantitative estimate of drug-likeness (QED) is 0.715. The summed E-state index contributed by atoms with van der Waals surface area (Å²) in [6, 6.07) is 13.6. The van der Waals surface area contributed by atoms with Crippen molar-refractivity contribution < 1.29 is 14.3 Å². The number of carboxylic acids is 1. The molecule has 0 radical (unpaired) electrons. The summed E-state index contributed by atoms with van der Waals surface area (Å²) in [6.07, 6.45) is 0. The number of benzene rings is 2. The lowest BCUT2D eigenvalue weighted by Gasteiger charge is -2.07. The zero-order valence-electron chi connectivity index (χ0n) is 12.8. The van der Waals surface area contributed by atoms with E-state index in [4.69, 9.17) is 0 Å². The van der Waals surface area contributed by atoms with Crippen LogP contribution in [0, 0.1) is 12.7 Å². The number of nitrogens with zero attached hydrogens (tertiary/aromatic N) is 3. The van der Waals surface area contributed by atoms with Crippen molar-refractivity contribution in [3.05, 3.63) is 71.3 Å². The number of rotatable bonds is 5. The van der Waals surface area contributed by atoms with Crippen LogP contribution in [0.2, 0.25) is 0 Å². The van der Waals surface area contributed by atoms with Gasteiger partial charge in [-0.25, -0.2) is 13.9 Å². The van der Waals surface area contributed by atoms with Gasteiger partial charge in [0.15, 0.2) is 5.69 Å². The number of aromatic carboxylic acids is 1. The van der Waals surface area contributed by atoms with E-state index in [0.29, 0.717) is 17.1 Å². The zero-order valence-corrected chi connectivity index (χ0v) is 13.6. The van der Waals surface area contributed by atoms with Crippen molar-refractivity contribution in [2.75, 3.05) is 0 Å². The zero-order chi connectivity index (χ0) is 17.1. The van der Waals surface area contributed by atoms with Gasteiger partial charge in [0.25, 0.3) is 0 Å². The minimum absolute atomic E-state index is 0.0982. The Balaban J connectivity index is 1.92. The van der Waals surface area contributed by atoms with E-state index in [9.17, 15) is 14.3 Å². The number of carboxylic acid groups (broad SMARTS) is 1. The van der Waals surface area contributed by atoms with Crippen LogP contribution in [0.1, 0.15) is 21.7 Å². The Morgan fingerprint density at radius 2 is 1.83 bits per heavy atom. The molecule has 1 aromatic heterocycles. The van der Waals surface area contributed by atoms with Crippen molar-refractivity contribution in [2.24, 2.45) is 0 Å². The summed E-state index contributed by atoms with van der Waals surface area (Å²) in [7, 11) is 0. The molecule has 0 amide bonds. The Bertz CT molecular complexity index is 861. The first-order valence-electron chi connectivity index (χ1n) is 7.18. The Kier molecular flexibility index (Phi) is 4.61. The van der Waals surface area contributed by atoms with E-state index in [1.165, 1.54) is 40.7 Å². The highest BCUT2D eigenvalue weighted by molar-refractivity contribution is 7.98. The van der Waals surface area contributed by atoms with Crippen molar-refractivity contribution in [3.8, 4) is 5.69 Å². The summed E-state index contributed by atoms with van der Waals surface area (Å²) in [5.41, 5.74) is 2.08. The number of thioether (sulfide) groups is 1. The van der Waals surface area contributed by atoms with Gasteiger partial charge in [0.1, 0.15) is 5.82 Å². The highest BCUT2D eigenvalue weighted by Crippen LogP contribution is 2.25. The fourth-order valence-electron chi connectivity index (χ4n) is 2.17. The van der Waals surface area contributed by atoms with Gasteiger partial charge in [-0.05, 0) is 43.3 Å². The molecule has 0 unspecified atom stereocenters.